The number of hydrogen-bond donors (Lipinski definition) is 0. The SMILES string of the molecule is CC1=CCC(C)CC1.CC1=CCC(C)CC1.CC1CCC(C)CC1.CC1CCC(C)CC1.CC1CCC(C)CC1.CC1CCC(C)CC1.CC1CCC(C)CC1.CC1CCC(C)OC1.CC1CCC(C)OC1.CC1COC(C)OC1.Cc1ccc(C)c(C)c1C.Cc1ccc(C)cc1.F.S.[B]. The molecule has 3 heterocycles. The van der Waals surface area contributed by atoms with Crippen LogP contribution in [0.4, 0.5) is 4.70 Å². The molecule has 7 heteroatoms. The highest BCUT2D eigenvalue weighted by Gasteiger charge is 2.19. The monoisotopic (exact) mass is 1430 g/mol. The van der Waals surface area contributed by atoms with E-state index in [0.717, 1.165) is 109 Å². The Hall–Kier alpha value is -1.90. The van der Waals surface area contributed by atoms with E-state index < -0.39 is 0 Å². The molecule has 7 aliphatic carbocycles. The van der Waals surface area contributed by atoms with Crippen LogP contribution in [0.3, 0.4) is 0 Å². The van der Waals surface area contributed by atoms with Crippen LogP contribution in [0.25, 0.3) is 0 Å². The fourth-order valence-electron chi connectivity index (χ4n) is 13.8. The molecule has 2 aromatic carbocycles. The van der Waals surface area contributed by atoms with Gasteiger partial charge in [0.1, 0.15) is 0 Å². The van der Waals surface area contributed by atoms with Gasteiger partial charge < -0.3 is 18.9 Å². The van der Waals surface area contributed by atoms with E-state index in [-0.39, 0.29) is 32.9 Å². The van der Waals surface area contributed by atoms with Crippen LogP contribution in [0.15, 0.2) is 59.7 Å². The molecule has 591 valence electrons. The topological polar surface area (TPSA) is 36.9 Å². The first kappa shape index (κ1) is 103. The number of benzene rings is 2. The standard InChI is InChI=1S/C10H14.5C8H16.2C8H14.C8H10.2C7H14O.C6H12O2.B.FH.H2S/c1-7-5-6-8(2)10(4)9(7)3;8*1-7-3-5-8(2)6-4-7;2*1-6-3-4-7(2)8-5-6;1-5-3-7-6(2)8-4-5;;;/h5-6H,1-4H3;5*7-8H,3-6H2,1-2H3;2*3,8H,4-6H2,1-2H3;3-6H,1-2H3;2*6-7H,3-5H2,1-2H3;5-6H,3-4H2,1-2H3;;1H;1H2. The Kier molecular flexibility index (Phi) is 63.4. The lowest BCUT2D eigenvalue weighted by Crippen LogP contribution is -2.27. The second kappa shape index (κ2) is 62.0. The molecular weight excluding hydrogens is 1250 g/mol. The first-order valence-corrected chi connectivity index (χ1v) is 42.1. The fraction of sp³-hybridized carbons (Fsp3) is 0.830. The molecule has 0 bridgehead atoms. The van der Waals surface area contributed by atoms with E-state index in [1.165, 1.54) is 226 Å². The highest BCUT2D eigenvalue weighted by atomic mass is 32.1. The van der Waals surface area contributed by atoms with Crippen LogP contribution in [-0.4, -0.2) is 53.3 Å². The third-order valence-electron chi connectivity index (χ3n) is 23.6. The normalized spacial score (nSPS) is 31.6. The number of ether oxygens (including phenoxy) is 4. The van der Waals surface area contributed by atoms with Crippen molar-refractivity contribution in [2.45, 2.75) is 391 Å². The van der Waals surface area contributed by atoms with E-state index in [0.29, 0.717) is 18.1 Å². The molecule has 2 aromatic rings. The van der Waals surface area contributed by atoms with Crippen molar-refractivity contribution in [2.75, 3.05) is 26.4 Å². The Balaban J connectivity index is -0.00000104. The Morgan fingerprint density at radius 1 is 0.248 bits per heavy atom. The summed E-state index contributed by atoms with van der Waals surface area (Å²) in [5.74, 6) is 14.3. The number of rotatable bonds is 0. The third-order valence-corrected chi connectivity index (χ3v) is 23.6. The maximum absolute atomic E-state index is 5.39. The van der Waals surface area contributed by atoms with Crippen molar-refractivity contribution in [3.8, 4) is 0 Å². The molecule has 3 saturated heterocycles. The molecule has 0 N–H and O–H groups in total. The minimum absolute atomic E-state index is 0. The van der Waals surface area contributed by atoms with E-state index >= 15 is 0 Å². The smallest absolute Gasteiger partial charge is 0.154 e. The molecule has 0 spiro atoms. The summed E-state index contributed by atoms with van der Waals surface area (Å²) >= 11 is 0. The van der Waals surface area contributed by atoms with Gasteiger partial charge in [-0.15, -0.1) is 0 Å². The van der Waals surface area contributed by atoms with Crippen LogP contribution in [0.5, 0.6) is 0 Å². The van der Waals surface area contributed by atoms with E-state index in [2.05, 4.69) is 222 Å². The number of hydrogen-bond acceptors (Lipinski definition) is 4. The van der Waals surface area contributed by atoms with Crippen molar-refractivity contribution in [1.29, 1.82) is 0 Å². The van der Waals surface area contributed by atoms with Gasteiger partial charge in [-0.1, -0.05) is 303 Å². The Labute approximate surface area is 641 Å². The van der Waals surface area contributed by atoms with Gasteiger partial charge in [0, 0.05) is 27.5 Å². The van der Waals surface area contributed by atoms with Gasteiger partial charge in [0.05, 0.1) is 25.4 Å². The molecule has 6 unspecified atom stereocenters. The highest BCUT2D eigenvalue weighted by molar-refractivity contribution is 7.59. The van der Waals surface area contributed by atoms with E-state index in [4.69, 9.17) is 18.9 Å². The summed E-state index contributed by atoms with van der Waals surface area (Å²) in [6, 6.07) is 12.8. The lowest BCUT2D eigenvalue weighted by molar-refractivity contribution is -0.187. The number of halogens is 1. The van der Waals surface area contributed by atoms with Crippen molar-refractivity contribution in [3.05, 3.63) is 93.1 Å². The summed E-state index contributed by atoms with van der Waals surface area (Å²) in [6.45, 7) is 62.1. The fourth-order valence-corrected chi connectivity index (χ4v) is 13.8. The maximum Gasteiger partial charge on any atom is 0.154 e. The lowest BCUT2D eigenvalue weighted by atomic mass is 9.84. The molecule has 101 heavy (non-hydrogen) atoms. The van der Waals surface area contributed by atoms with Gasteiger partial charge >= 0.3 is 0 Å². The van der Waals surface area contributed by atoms with Gasteiger partial charge in [-0.05, 0) is 245 Å². The molecule has 0 amide bonds. The molecule has 5 saturated carbocycles. The van der Waals surface area contributed by atoms with Crippen molar-refractivity contribution in [3.63, 3.8) is 0 Å². The predicted octanol–water partition coefficient (Wildman–Crippen LogP) is 29.4. The zero-order valence-corrected chi connectivity index (χ0v) is 73.2. The van der Waals surface area contributed by atoms with Crippen LogP contribution in [-0.2, 0) is 18.9 Å². The van der Waals surface area contributed by atoms with Crippen molar-refractivity contribution < 1.29 is 23.7 Å². The second-order valence-corrected chi connectivity index (χ2v) is 35.8. The molecule has 4 nitrogen and oxygen atoms in total. The number of aryl methyl sites for hydroxylation is 4. The lowest BCUT2D eigenvalue weighted by Gasteiger charge is -2.24. The van der Waals surface area contributed by atoms with Gasteiger partial charge in [-0.25, -0.2) is 0 Å². The molecule has 12 rings (SSSR count). The van der Waals surface area contributed by atoms with Crippen LogP contribution in [0, 0.1) is 130 Å². The summed E-state index contributed by atoms with van der Waals surface area (Å²) in [4.78, 5) is 0. The summed E-state index contributed by atoms with van der Waals surface area (Å²) in [5, 5.41) is 0. The maximum atomic E-state index is 5.39. The molecule has 0 aromatic heterocycles. The second-order valence-electron chi connectivity index (χ2n) is 35.8. The summed E-state index contributed by atoms with van der Waals surface area (Å²) in [5.41, 5.74) is 11.5. The van der Waals surface area contributed by atoms with Crippen molar-refractivity contribution in [2.24, 2.45) is 88.8 Å². The molecule has 3 aliphatic heterocycles. The first-order valence-electron chi connectivity index (χ1n) is 42.1. The van der Waals surface area contributed by atoms with Gasteiger partial charge in [0.15, 0.2) is 6.29 Å². The average Bonchev–Trinajstić information content (AvgIpc) is 0.864. The molecule has 3 radical (unpaired) electrons. The minimum atomic E-state index is 0. The predicted molar refractivity (Wildman–Crippen MR) is 456 cm³/mol. The van der Waals surface area contributed by atoms with Crippen molar-refractivity contribution in [1.82, 2.24) is 0 Å². The van der Waals surface area contributed by atoms with Crippen LogP contribution in [0.2, 0.25) is 0 Å². The van der Waals surface area contributed by atoms with Gasteiger partial charge in [0.2, 0.25) is 0 Å². The highest BCUT2D eigenvalue weighted by Crippen LogP contribution is 2.32. The van der Waals surface area contributed by atoms with Gasteiger partial charge in [-0.3, -0.25) is 4.70 Å². The van der Waals surface area contributed by atoms with Gasteiger partial charge in [0.25, 0.3) is 0 Å². The van der Waals surface area contributed by atoms with Crippen LogP contribution >= 0.6 is 13.5 Å². The Morgan fingerprint density at radius 3 is 0.614 bits per heavy atom. The number of allylic oxidation sites excluding steroid dienone is 4. The van der Waals surface area contributed by atoms with E-state index in [1.54, 1.807) is 11.1 Å². The van der Waals surface area contributed by atoms with E-state index in [9.17, 15) is 0 Å². The van der Waals surface area contributed by atoms with Gasteiger partial charge in [-0.2, -0.15) is 13.5 Å². The van der Waals surface area contributed by atoms with Crippen molar-refractivity contribution >= 4 is 21.9 Å². The quantitative estimate of drug-likeness (QED) is 0.195. The Morgan fingerprint density at radius 2 is 0.455 bits per heavy atom. The average molecular weight is 1430 g/mol. The van der Waals surface area contributed by atoms with E-state index in [1.807, 2.05) is 6.92 Å². The zero-order valence-electron chi connectivity index (χ0n) is 72.2. The zero-order chi connectivity index (χ0) is 73.5. The minimum Gasteiger partial charge on any atom is -0.378 e. The summed E-state index contributed by atoms with van der Waals surface area (Å²) in [7, 11) is 0. The Bertz CT molecular complexity index is 1820. The summed E-state index contributed by atoms with van der Waals surface area (Å²) < 4.78 is 21.1. The van der Waals surface area contributed by atoms with Crippen LogP contribution < -0.4 is 0 Å². The third kappa shape index (κ3) is 57.9. The largest absolute Gasteiger partial charge is 0.378 e. The molecule has 10 aliphatic rings. The molecule has 8 fully saturated rings. The summed E-state index contributed by atoms with van der Waals surface area (Å²) in [6.07, 6.45) is 48.6. The molecule has 6 atom stereocenters. The van der Waals surface area contributed by atoms with Crippen LogP contribution in [0.1, 0.15) is 364 Å². The first-order chi connectivity index (χ1) is 46.3. The molecular formula is C94H175BFO4S.